The lowest BCUT2D eigenvalue weighted by atomic mass is 9.96. The standard InChI is InChI=1S/C28H27BrN2O3S2/c1-17(2)23-14-21-24(15-34-23)36-26-25(21)27(33)31(13-12-18-6-4-3-5-7-18)28(30-26)35-16-22(32)19-8-10-20(29)11-9-19/h3-11,17,23H,12-16H2,1-2H3. The second-order valence-electron chi connectivity index (χ2n) is 9.29. The van der Waals surface area contributed by atoms with Gasteiger partial charge in [-0.15, -0.1) is 11.3 Å². The molecule has 5 rings (SSSR count). The number of ketones is 1. The molecule has 0 saturated carbocycles. The predicted octanol–water partition coefficient (Wildman–Crippen LogP) is 6.54. The number of aromatic nitrogens is 2. The van der Waals surface area contributed by atoms with Gasteiger partial charge in [0.15, 0.2) is 10.9 Å². The van der Waals surface area contributed by atoms with Gasteiger partial charge < -0.3 is 4.74 Å². The lowest BCUT2D eigenvalue weighted by Gasteiger charge is -2.26. The average molecular weight is 584 g/mol. The Balaban J connectivity index is 1.50. The zero-order valence-corrected chi connectivity index (χ0v) is 23.4. The van der Waals surface area contributed by atoms with E-state index in [1.165, 1.54) is 11.8 Å². The van der Waals surface area contributed by atoms with E-state index in [1.807, 2.05) is 42.5 Å². The summed E-state index contributed by atoms with van der Waals surface area (Å²) in [7, 11) is 0. The average Bonchev–Trinajstić information content (AvgIpc) is 3.25. The Labute approximate surface area is 227 Å². The number of fused-ring (bicyclic) bond motifs is 3. The van der Waals surface area contributed by atoms with Crippen LogP contribution < -0.4 is 5.56 Å². The van der Waals surface area contributed by atoms with Gasteiger partial charge in [-0.25, -0.2) is 4.98 Å². The van der Waals surface area contributed by atoms with Crippen LogP contribution in [-0.2, 0) is 30.7 Å². The molecule has 186 valence electrons. The number of nitrogens with zero attached hydrogens (tertiary/aromatic N) is 2. The van der Waals surface area contributed by atoms with Crippen LogP contribution in [0.2, 0.25) is 0 Å². The van der Waals surface area contributed by atoms with E-state index in [0.717, 1.165) is 37.1 Å². The van der Waals surface area contributed by atoms with Crippen molar-refractivity contribution < 1.29 is 9.53 Å². The molecule has 2 aromatic heterocycles. The minimum Gasteiger partial charge on any atom is -0.372 e. The first-order chi connectivity index (χ1) is 17.4. The highest BCUT2D eigenvalue weighted by molar-refractivity contribution is 9.10. The van der Waals surface area contributed by atoms with Crippen molar-refractivity contribution in [2.75, 3.05) is 5.75 Å². The lowest BCUT2D eigenvalue weighted by Crippen LogP contribution is -2.29. The normalized spacial score (nSPS) is 15.4. The van der Waals surface area contributed by atoms with Crippen LogP contribution in [0.15, 0.2) is 69.0 Å². The fraction of sp³-hybridized carbons (Fsp3) is 0.321. The molecule has 2 aromatic carbocycles. The Morgan fingerprint density at radius 3 is 2.67 bits per heavy atom. The summed E-state index contributed by atoms with van der Waals surface area (Å²) in [6.07, 6.45) is 1.55. The third kappa shape index (κ3) is 5.37. The van der Waals surface area contributed by atoms with E-state index in [2.05, 4.69) is 41.9 Å². The molecular weight excluding hydrogens is 556 g/mol. The number of thioether (sulfide) groups is 1. The molecule has 0 saturated heterocycles. The van der Waals surface area contributed by atoms with Gasteiger partial charge in [0.1, 0.15) is 4.83 Å². The summed E-state index contributed by atoms with van der Waals surface area (Å²) in [5.74, 6) is 0.602. The van der Waals surface area contributed by atoms with E-state index in [0.29, 0.717) is 36.2 Å². The summed E-state index contributed by atoms with van der Waals surface area (Å²) in [6.45, 7) is 5.33. The minimum atomic E-state index is -0.0172. The molecule has 4 aromatic rings. The van der Waals surface area contributed by atoms with Gasteiger partial charge >= 0.3 is 0 Å². The van der Waals surface area contributed by atoms with Crippen molar-refractivity contribution in [1.82, 2.24) is 9.55 Å². The van der Waals surface area contributed by atoms with Crippen molar-refractivity contribution in [3.8, 4) is 0 Å². The molecule has 0 amide bonds. The fourth-order valence-electron chi connectivity index (χ4n) is 4.41. The molecule has 0 fully saturated rings. The summed E-state index contributed by atoms with van der Waals surface area (Å²) in [5, 5.41) is 1.31. The van der Waals surface area contributed by atoms with Crippen LogP contribution in [0.4, 0.5) is 0 Å². The Hall–Kier alpha value is -2.26. The number of carbonyl (C=O) groups is 1. The molecule has 36 heavy (non-hydrogen) atoms. The van der Waals surface area contributed by atoms with Gasteiger partial charge in [0.05, 0.1) is 23.8 Å². The first-order valence-electron chi connectivity index (χ1n) is 12.0. The second kappa shape index (κ2) is 11.0. The molecule has 0 N–H and O–H groups in total. The van der Waals surface area contributed by atoms with Crippen molar-refractivity contribution in [3.63, 3.8) is 0 Å². The lowest BCUT2D eigenvalue weighted by molar-refractivity contribution is 0.00200. The van der Waals surface area contributed by atoms with Crippen LogP contribution >= 0.6 is 39.0 Å². The van der Waals surface area contributed by atoms with Gasteiger partial charge in [-0.3, -0.25) is 14.2 Å². The molecule has 1 unspecified atom stereocenters. The number of hydrogen-bond acceptors (Lipinski definition) is 6. The number of rotatable bonds is 8. The van der Waals surface area contributed by atoms with Crippen LogP contribution in [0.25, 0.3) is 10.2 Å². The SMILES string of the molecule is CC(C)C1Cc2c(sc3nc(SCC(=O)c4ccc(Br)cc4)n(CCc4ccccc4)c(=O)c23)CO1. The number of Topliss-reactive ketones (excluding diaryl/α,β-unsaturated/α-hetero) is 1. The molecule has 0 radical (unpaired) electrons. The molecule has 5 nitrogen and oxygen atoms in total. The molecule has 3 heterocycles. The number of thiophene rings is 1. The van der Waals surface area contributed by atoms with E-state index in [1.54, 1.807) is 15.9 Å². The maximum atomic E-state index is 13.9. The Bertz CT molecular complexity index is 1450. The monoisotopic (exact) mass is 582 g/mol. The topological polar surface area (TPSA) is 61.2 Å². The molecule has 1 aliphatic rings. The van der Waals surface area contributed by atoms with Gasteiger partial charge in [0, 0.05) is 27.9 Å². The number of aryl methyl sites for hydroxylation is 1. The quantitative estimate of drug-likeness (QED) is 0.134. The van der Waals surface area contributed by atoms with Gasteiger partial charge in [-0.2, -0.15) is 0 Å². The zero-order valence-electron chi connectivity index (χ0n) is 20.2. The highest BCUT2D eigenvalue weighted by atomic mass is 79.9. The smallest absolute Gasteiger partial charge is 0.263 e. The highest BCUT2D eigenvalue weighted by Gasteiger charge is 2.28. The Morgan fingerprint density at radius 1 is 1.19 bits per heavy atom. The molecule has 1 atom stereocenters. The highest BCUT2D eigenvalue weighted by Crippen LogP contribution is 2.36. The molecule has 0 bridgehead atoms. The number of hydrogen-bond donors (Lipinski definition) is 0. The van der Waals surface area contributed by atoms with Crippen molar-refractivity contribution in [2.24, 2.45) is 5.92 Å². The number of ether oxygens (including phenoxy) is 1. The van der Waals surface area contributed by atoms with E-state index in [-0.39, 0.29) is 23.2 Å². The zero-order chi connectivity index (χ0) is 25.2. The predicted molar refractivity (Wildman–Crippen MR) is 150 cm³/mol. The van der Waals surface area contributed by atoms with E-state index in [4.69, 9.17) is 9.72 Å². The van der Waals surface area contributed by atoms with Crippen LogP contribution in [0.1, 0.15) is 40.2 Å². The Morgan fingerprint density at radius 2 is 1.94 bits per heavy atom. The maximum Gasteiger partial charge on any atom is 0.263 e. The summed E-state index contributed by atoms with van der Waals surface area (Å²) in [5.41, 5.74) is 2.88. The molecule has 0 aliphatic carbocycles. The third-order valence-electron chi connectivity index (χ3n) is 6.50. The summed E-state index contributed by atoms with van der Waals surface area (Å²) in [4.78, 5) is 33.5. The molecule has 0 spiro atoms. The van der Waals surface area contributed by atoms with Gasteiger partial charge in [0.25, 0.3) is 5.56 Å². The number of halogens is 1. The van der Waals surface area contributed by atoms with Crippen LogP contribution in [0, 0.1) is 5.92 Å². The maximum absolute atomic E-state index is 13.9. The van der Waals surface area contributed by atoms with Crippen LogP contribution in [0.3, 0.4) is 0 Å². The van der Waals surface area contributed by atoms with Crippen LogP contribution in [0.5, 0.6) is 0 Å². The number of benzene rings is 2. The largest absolute Gasteiger partial charge is 0.372 e. The van der Waals surface area contributed by atoms with E-state index >= 15 is 0 Å². The molecule has 8 heteroatoms. The Kier molecular flexibility index (Phi) is 7.76. The first kappa shape index (κ1) is 25.4. The first-order valence-corrected chi connectivity index (χ1v) is 14.6. The van der Waals surface area contributed by atoms with Gasteiger partial charge in [-0.05, 0) is 35.6 Å². The summed E-state index contributed by atoms with van der Waals surface area (Å²) >= 11 is 6.29. The molecule has 1 aliphatic heterocycles. The minimum absolute atomic E-state index is 0.00936. The number of carbonyl (C=O) groups excluding carboxylic acids is 1. The van der Waals surface area contributed by atoms with Crippen molar-refractivity contribution in [1.29, 1.82) is 0 Å². The van der Waals surface area contributed by atoms with Gasteiger partial charge in [0.2, 0.25) is 0 Å². The van der Waals surface area contributed by atoms with Crippen molar-refractivity contribution in [2.45, 2.75) is 51.1 Å². The van der Waals surface area contributed by atoms with Crippen molar-refractivity contribution >= 4 is 55.0 Å². The molecular formula is C28H27BrN2O3S2. The third-order valence-corrected chi connectivity index (χ3v) is 9.11. The second-order valence-corrected chi connectivity index (χ2v) is 12.2. The fourth-order valence-corrected chi connectivity index (χ4v) is 6.76. The van der Waals surface area contributed by atoms with E-state index < -0.39 is 0 Å². The summed E-state index contributed by atoms with van der Waals surface area (Å²) < 4.78 is 8.75. The van der Waals surface area contributed by atoms with E-state index in [9.17, 15) is 9.59 Å². The van der Waals surface area contributed by atoms with Crippen LogP contribution in [-0.4, -0.2) is 27.2 Å². The van der Waals surface area contributed by atoms with Gasteiger partial charge in [-0.1, -0.05) is 84.0 Å². The summed E-state index contributed by atoms with van der Waals surface area (Å²) in [6, 6.07) is 17.5. The van der Waals surface area contributed by atoms with Crippen molar-refractivity contribution in [3.05, 3.63) is 91.0 Å².